The molecule has 2 saturated heterocycles. The molecule has 2 atom stereocenters. The average molecular weight is 341 g/mol. The molecule has 4 heteroatoms. The summed E-state index contributed by atoms with van der Waals surface area (Å²) in [5.41, 5.74) is 4.19. The highest BCUT2D eigenvalue weighted by Crippen LogP contribution is 2.49. The van der Waals surface area contributed by atoms with E-state index in [1.54, 1.807) is 11.1 Å². The molecule has 136 valence electrons. The van der Waals surface area contributed by atoms with E-state index in [-0.39, 0.29) is 11.3 Å². The van der Waals surface area contributed by atoms with Crippen LogP contribution in [0.4, 0.5) is 5.69 Å². The van der Waals surface area contributed by atoms with Crippen molar-refractivity contribution in [2.24, 2.45) is 5.41 Å². The predicted molar refractivity (Wildman–Crippen MR) is 102 cm³/mol. The van der Waals surface area contributed by atoms with Gasteiger partial charge < -0.3 is 9.80 Å². The van der Waals surface area contributed by atoms with E-state index < -0.39 is 0 Å². The van der Waals surface area contributed by atoms with E-state index in [1.807, 2.05) is 25.7 Å². The Morgan fingerprint density at radius 2 is 1.76 bits per heavy atom. The summed E-state index contributed by atoms with van der Waals surface area (Å²) >= 11 is 0. The number of benzene rings is 1. The summed E-state index contributed by atoms with van der Waals surface area (Å²) in [6, 6.07) is 7.72. The first-order valence-electron chi connectivity index (χ1n) is 9.73. The average Bonchev–Trinajstić information content (AvgIpc) is 2.90. The predicted octanol–water partition coefficient (Wildman–Crippen LogP) is 3.25. The van der Waals surface area contributed by atoms with E-state index in [1.165, 1.54) is 25.1 Å². The Bertz CT molecular complexity index is 670. The van der Waals surface area contributed by atoms with E-state index in [2.05, 4.69) is 35.0 Å². The molecule has 1 amide bonds. The summed E-state index contributed by atoms with van der Waals surface area (Å²) in [6.45, 7) is 10.8. The van der Waals surface area contributed by atoms with Gasteiger partial charge in [0, 0.05) is 43.3 Å². The zero-order chi connectivity index (χ0) is 17.8. The van der Waals surface area contributed by atoms with Crippen LogP contribution in [0.5, 0.6) is 0 Å². The van der Waals surface area contributed by atoms with Crippen molar-refractivity contribution in [3.8, 4) is 0 Å². The van der Waals surface area contributed by atoms with Crippen molar-refractivity contribution in [1.82, 2.24) is 9.80 Å². The molecule has 0 spiro atoms. The standard InChI is InChI=1S/C21H31N3O/c1-21(2,3)20(25)24-11-9-23(10-12-24)16-5-6-17-15-7-8-22(4)19(13-15)18(17)14-16/h5-6,14-15,19H,7-13H2,1-4H3/t15-,19+/m1/s1. The lowest BCUT2D eigenvalue weighted by molar-refractivity contribution is -0.139. The van der Waals surface area contributed by atoms with Crippen LogP contribution in [-0.2, 0) is 4.79 Å². The SMILES string of the molecule is CN1CC[C@@H]2C[C@H]1c1cc(N3CCN(C(=O)C(C)(C)C)CC3)ccc12. The molecular formula is C21H31N3O. The fourth-order valence-corrected chi connectivity index (χ4v) is 4.79. The van der Waals surface area contributed by atoms with Gasteiger partial charge in [-0.1, -0.05) is 26.8 Å². The summed E-state index contributed by atoms with van der Waals surface area (Å²) in [5, 5.41) is 0. The lowest BCUT2D eigenvalue weighted by atomic mass is 9.94. The largest absolute Gasteiger partial charge is 0.368 e. The van der Waals surface area contributed by atoms with Crippen molar-refractivity contribution < 1.29 is 4.79 Å². The van der Waals surface area contributed by atoms with Crippen molar-refractivity contribution in [2.75, 3.05) is 44.7 Å². The highest BCUT2D eigenvalue weighted by Gasteiger charge is 2.37. The van der Waals surface area contributed by atoms with Gasteiger partial charge in [0.05, 0.1) is 0 Å². The van der Waals surface area contributed by atoms with Crippen molar-refractivity contribution in [1.29, 1.82) is 0 Å². The van der Waals surface area contributed by atoms with Crippen LogP contribution in [0.3, 0.4) is 0 Å². The third-order valence-corrected chi connectivity index (χ3v) is 6.31. The first kappa shape index (κ1) is 16.9. The van der Waals surface area contributed by atoms with Gasteiger partial charge in [0.2, 0.25) is 5.91 Å². The van der Waals surface area contributed by atoms with Gasteiger partial charge in [-0.05, 0) is 55.6 Å². The Morgan fingerprint density at radius 3 is 2.44 bits per heavy atom. The summed E-state index contributed by atoms with van der Waals surface area (Å²) in [4.78, 5) is 19.5. The van der Waals surface area contributed by atoms with Gasteiger partial charge in [-0.3, -0.25) is 9.69 Å². The number of hydrogen-bond acceptors (Lipinski definition) is 3. The van der Waals surface area contributed by atoms with Crippen molar-refractivity contribution in [3.05, 3.63) is 29.3 Å². The molecule has 2 bridgehead atoms. The molecule has 3 aliphatic rings. The van der Waals surface area contributed by atoms with E-state index in [9.17, 15) is 4.79 Å². The van der Waals surface area contributed by atoms with Crippen LogP contribution < -0.4 is 4.90 Å². The molecule has 0 unspecified atom stereocenters. The van der Waals surface area contributed by atoms with E-state index >= 15 is 0 Å². The number of fused-ring (bicyclic) bond motifs is 5. The molecule has 2 fully saturated rings. The molecular weight excluding hydrogens is 310 g/mol. The van der Waals surface area contributed by atoms with Gasteiger partial charge in [-0.15, -0.1) is 0 Å². The Labute approximate surface area is 151 Å². The second-order valence-corrected chi connectivity index (χ2v) is 9.06. The number of carbonyl (C=O) groups excluding carboxylic acids is 1. The maximum absolute atomic E-state index is 12.5. The Kier molecular flexibility index (Phi) is 4.06. The Balaban J connectivity index is 1.48. The minimum Gasteiger partial charge on any atom is -0.368 e. The highest BCUT2D eigenvalue weighted by atomic mass is 16.2. The molecule has 0 radical (unpaired) electrons. The van der Waals surface area contributed by atoms with Crippen LogP contribution in [0.2, 0.25) is 0 Å². The summed E-state index contributed by atoms with van der Waals surface area (Å²) in [6.07, 6.45) is 2.59. The number of hydrogen-bond donors (Lipinski definition) is 0. The summed E-state index contributed by atoms with van der Waals surface area (Å²) < 4.78 is 0. The fourth-order valence-electron chi connectivity index (χ4n) is 4.79. The van der Waals surface area contributed by atoms with E-state index in [4.69, 9.17) is 0 Å². The molecule has 2 heterocycles. The molecule has 0 aromatic heterocycles. The van der Waals surface area contributed by atoms with Crippen LogP contribution in [-0.4, -0.2) is 55.5 Å². The number of likely N-dealkylation sites (tertiary alicyclic amines) is 1. The minimum atomic E-state index is -0.280. The van der Waals surface area contributed by atoms with Crippen LogP contribution in [0.1, 0.15) is 56.7 Å². The number of amides is 1. The van der Waals surface area contributed by atoms with Crippen molar-refractivity contribution in [2.45, 2.75) is 45.6 Å². The summed E-state index contributed by atoms with van der Waals surface area (Å²) in [7, 11) is 2.26. The third kappa shape index (κ3) is 2.95. The van der Waals surface area contributed by atoms with Crippen LogP contribution >= 0.6 is 0 Å². The molecule has 0 saturated carbocycles. The molecule has 1 aromatic carbocycles. The quantitative estimate of drug-likeness (QED) is 0.784. The number of rotatable bonds is 1. The van der Waals surface area contributed by atoms with Gasteiger partial charge in [-0.2, -0.15) is 0 Å². The van der Waals surface area contributed by atoms with Gasteiger partial charge in [-0.25, -0.2) is 0 Å². The number of nitrogens with zero attached hydrogens (tertiary/aromatic N) is 3. The number of carbonyl (C=O) groups is 1. The maximum Gasteiger partial charge on any atom is 0.228 e. The van der Waals surface area contributed by atoms with E-state index in [0.29, 0.717) is 6.04 Å². The monoisotopic (exact) mass is 341 g/mol. The molecule has 1 aromatic rings. The number of piperidine rings is 1. The lowest BCUT2D eigenvalue weighted by Crippen LogP contribution is -2.51. The normalized spacial score (nSPS) is 26.7. The van der Waals surface area contributed by atoms with Gasteiger partial charge in [0.25, 0.3) is 0 Å². The van der Waals surface area contributed by atoms with E-state index in [0.717, 1.165) is 32.1 Å². The van der Waals surface area contributed by atoms with Crippen molar-refractivity contribution in [3.63, 3.8) is 0 Å². The second-order valence-electron chi connectivity index (χ2n) is 9.06. The minimum absolute atomic E-state index is 0.275. The first-order valence-corrected chi connectivity index (χ1v) is 9.73. The number of piperazine rings is 1. The topological polar surface area (TPSA) is 26.8 Å². The smallest absolute Gasteiger partial charge is 0.228 e. The molecule has 25 heavy (non-hydrogen) atoms. The molecule has 1 aliphatic carbocycles. The van der Waals surface area contributed by atoms with Crippen LogP contribution in [0, 0.1) is 5.41 Å². The molecule has 4 nitrogen and oxygen atoms in total. The van der Waals surface area contributed by atoms with Crippen LogP contribution in [0.25, 0.3) is 0 Å². The lowest BCUT2D eigenvalue weighted by Gasteiger charge is -2.39. The second kappa shape index (κ2) is 6.01. The maximum atomic E-state index is 12.5. The molecule has 4 rings (SSSR count). The highest BCUT2D eigenvalue weighted by molar-refractivity contribution is 5.81. The first-order chi connectivity index (χ1) is 11.8. The van der Waals surface area contributed by atoms with Gasteiger partial charge >= 0.3 is 0 Å². The fraction of sp³-hybridized carbons (Fsp3) is 0.667. The van der Waals surface area contributed by atoms with Gasteiger partial charge in [0.1, 0.15) is 0 Å². The third-order valence-electron chi connectivity index (χ3n) is 6.31. The van der Waals surface area contributed by atoms with Crippen molar-refractivity contribution >= 4 is 11.6 Å². The van der Waals surface area contributed by atoms with Crippen LogP contribution in [0.15, 0.2) is 18.2 Å². The zero-order valence-electron chi connectivity index (χ0n) is 16.1. The molecule has 0 N–H and O–H groups in total. The number of anilines is 1. The zero-order valence-corrected chi connectivity index (χ0v) is 16.1. The Hall–Kier alpha value is -1.55. The van der Waals surface area contributed by atoms with Gasteiger partial charge in [0.15, 0.2) is 0 Å². The Morgan fingerprint density at radius 1 is 1.04 bits per heavy atom. The molecule has 2 aliphatic heterocycles. The summed E-state index contributed by atoms with van der Waals surface area (Å²) in [5.74, 6) is 1.04.